The van der Waals surface area contributed by atoms with E-state index in [2.05, 4.69) is 46.8 Å². The third-order valence-corrected chi connectivity index (χ3v) is 5.08. The molecule has 1 fully saturated rings. The standard InChI is InChI=1S/C18H28O/c1-12-8-14(3)17(15(4)9-12)11-18(19)7-6-13(2)16(5)10-18/h8-9,13,16,19H,6-7,10-11H2,1-5H3. The van der Waals surface area contributed by atoms with Gasteiger partial charge in [-0.1, -0.05) is 31.5 Å². The summed E-state index contributed by atoms with van der Waals surface area (Å²) in [6.07, 6.45) is 3.87. The lowest BCUT2D eigenvalue weighted by atomic mass is 9.70. The van der Waals surface area contributed by atoms with Crippen molar-refractivity contribution in [2.45, 2.75) is 65.9 Å². The normalized spacial score (nSPS) is 31.5. The van der Waals surface area contributed by atoms with Crippen molar-refractivity contribution in [3.63, 3.8) is 0 Å². The third kappa shape index (κ3) is 3.20. The Morgan fingerprint density at radius 1 is 1.11 bits per heavy atom. The predicted molar refractivity (Wildman–Crippen MR) is 81.5 cm³/mol. The minimum absolute atomic E-state index is 0.489. The van der Waals surface area contributed by atoms with E-state index in [0.717, 1.165) is 31.6 Å². The van der Waals surface area contributed by atoms with Crippen LogP contribution in [0.3, 0.4) is 0 Å². The minimum Gasteiger partial charge on any atom is -0.390 e. The average Bonchev–Trinajstić information content (AvgIpc) is 2.29. The summed E-state index contributed by atoms with van der Waals surface area (Å²) in [7, 11) is 0. The molecular weight excluding hydrogens is 232 g/mol. The highest BCUT2D eigenvalue weighted by Gasteiger charge is 2.36. The van der Waals surface area contributed by atoms with E-state index in [-0.39, 0.29) is 0 Å². The summed E-state index contributed by atoms with van der Waals surface area (Å²) in [4.78, 5) is 0. The Morgan fingerprint density at radius 3 is 2.21 bits per heavy atom. The highest BCUT2D eigenvalue weighted by molar-refractivity contribution is 5.38. The van der Waals surface area contributed by atoms with E-state index in [4.69, 9.17) is 0 Å². The van der Waals surface area contributed by atoms with Crippen molar-refractivity contribution in [3.05, 3.63) is 34.4 Å². The zero-order valence-corrected chi connectivity index (χ0v) is 13.1. The Kier molecular flexibility index (Phi) is 4.06. The van der Waals surface area contributed by atoms with Crippen molar-refractivity contribution < 1.29 is 5.11 Å². The molecule has 0 radical (unpaired) electrons. The largest absolute Gasteiger partial charge is 0.390 e. The highest BCUT2D eigenvalue weighted by Crippen LogP contribution is 2.39. The average molecular weight is 260 g/mol. The number of aliphatic hydroxyl groups is 1. The van der Waals surface area contributed by atoms with Gasteiger partial charge in [-0.2, -0.15) is 0 Å². The summed E-state index contributed by atoms with van der Waals surface area (Å²) in [5, 5.41) is 10.9. The van der Waals surface area contributed by atoms with Gasteiger partial charge in [0.05, 0.1) is 5.60 Å². The van der Waals surface area contributed by atoms with Crippen LogP contribution in [0.15, 0.2) is 12.1 Å². The van der Waals surface area contributed by atoms with E-state index in [0.29, 0.717) is 5.92 Å². The van der Waals surface area contributed by atoms with Crippen LogP contribution in [0.4, 0.5) is 0 Å². The molecule has 0 saturated heterocycles. The molecule has 1 aliphatic rings. The maximum absolute atomic E-state index is 10.9. The first-order chi connectivity index (χ1) is 8.81. The summed E-state index contributed by atoms with van der Waals surface area (Å²) in [6, 6.07) is 4.47. The minimum atomic E-state index is -0.489. The number of benzene rings is 1. The molecule has 0 amide bonds. The summed E-state index contributed by atoms with van der Waals surface area (Å²) in [5.41, 5.74) is 4.84. The monoisotopic (exact) mass is 260 g/mol. The van der Waals surface area contributed by atoms with Crippen LogP contribution in [0, 0.1) is 32.6 Å². The molecule has 1 aromatic carbocycles. The van der Waals surface area contributed by atoms with E-state index >= 15 is 0 Å². The molecule has 3 unspecified atom stereocenters. The molecule has 0 aromatic heterocycles. The molecule has 2 rings (SSSR count). The van der Waals surface area contributed by atoms with Crippen LogP contribution in [0.2, 0.25) is 0 Å². The van der Waals surface area contributed by atoms with E-state index in [1.54, 1.807) is 0 Å². The Balaban J connectivity index is 2.21. The molecule has 0 heterocycles. The Bertz CT molecular complexity index is 440. The molecule has 1 heteroatoms. The lowest BCUT2D eigenvalue weighted by molar-refractivity contribution is -0.0281. The molecule has 0 spiro atoms. The lowest BCUT2D eigenvalue weighted by Gasteiger charge is -2.39. The van der Waals surface area contributed by atoms with Crippen molar-refractivity contribution >= 4 is 0 Å². The van der Waals surface area contributed by atoms with Crippen LogP contribution < -0.4 is 0 Å². The van der Waals surface area contributed by atoms with E-state index < -0.39 is 5.60 Å². The van der Waals surface area contributed by atoms with Crippen molar-refractivity contribution in [2.24, 2.45) is 11.8 Å². The summed E-state index contributed by atoms with van der Waals surface area (Å²) in [5.74, 6) is 1.38. The Labute approximate surface area is 118 Å². The van der Waals surface area contributed by atoms with Gasteiger partial charge in [0.2, 0.25) is 0 Å². The van der Waals surface area contributed by atoms with Gasteiger partial charge in [0.25, 0.3) is 0 Å². The van der Waals surface area contributed by atoms with Crippen LogP contribution in [0.5, 0.6) is 0 Å². The van der Waals surface area contributed by atoms with Gasteiger partial charge in [-0.25, -0.2) is 0 Å². The molecule has 1 saturated carbocycles. The van der Waals surface area contributed by atoms with Crippen molar-refractivity contribution in [1.82, 2.24) is 0 Å². The van der Waals surface area contributed by atoms with Crippen LogP contribution in [0.1, 0.15) is 55.4 Å². The molecule has 0 aliphatic heterocycles. The topological polar surface area (TPSA) is 20.2 Å². The molecule has 1 N–H and O–H groups in total. The van der Waals surface area contributed by atoms with Gasteiger partial charge in [0.1, 0.15) is 0 Å². The highest BCUT2D eigenvalue weighted by atomic mass is 16.3. The van der Waals surface area contributed by atoms with Gasteiger partial charge in [-0.05, 0) is 68.6 Å². The maximum Gasteiger partial charge on any atom is 0.0690 e. The first kappa shape index (κ1) is 14.6. The summed E-state index contributed by atoms with van der Waals surface area (Å²) < 4.78 is 0. The molecule has 106 valence electrons. The second-order valence-corrected chi connectivity index (χ2v) is 6.98. The molecule has 1 aromatic rings. The Hall–Kier alpha value is -0.820. The quantitative estimate of drug-likeness (QED) is 0.838. The number of hydrogen-bond donors (Lipinski definition) is 1. The lowest BCUT2D eigenvalue weighted by Crippen LogP contribution is -2.39. The fourth-order valence-electron chi connectivity index (χ4n) is 3.66. The summed E-state index contributed by atoms with van der Waals surface area (Å²) in [6.45, 7) is 11.1. The first-order valence-electron chi connectivity index (χ1n) is 7.60. The van der Waals surface area contributed by atoms with E-state index in [1.165, 1.54) is 22.3 Å². The van der Waals surface area contributed by atoms with Crippen LogP contribution in [0.25, 0.3) is 0 Å². The van der Waals surface area contributed by atoms with Crippen LogP contribution in [-0.4, -0.2) is 10.7 Å². The number of rotatable bonds is 2. The van der Waals surface area contributed by atoms with Gasteiger partial charge in [-0.15, -0.1) is 0 Å². The maximum atomic E-state index is 10.9. The molecule has 19 heavy (non-hydrogen) atoms. The fourth-order valence-corrected chi connectivity index (χ4v) is 3.66. The van der Waals surface area contributed by atoms with Crippen molar-refractivity contribution in [2.75, 3.05) is 0 Å². The zero-order chi connectivity index (χ0) is 14.2. The van der Waals surface area contributed by atoms with E-state index in [9.17, 15) is 5.11 Å². The van der Waals surface area contributed by atoms with Crippen LogP contribution in [-0.2, 0) is 6.42 Å². The zero-order valence-electron chi connectivity index (χ0n) is 13.1. The molecular formula is C18H28O. The number of hydrogen-bond acceptors (Lipinski definition) is 1. The molecule has 1 nitrogen and oxygen atoms in total. The first-order valence-corrected chi connectivity index (χ1v) is 7.60. The van der Waals surface area contributed by atoms with Gasteiger partial charge in [-0.3, -0.25) is 0 Å². The SMILES string of the molecule is Cc1cc(C)c(CC2(O)CCC(C)C(C)C2)c(C)c1. The molecule has 3 atom stereocenters. The van der Waals surface area contributed by atoms with Crippen LogP contribution >= 0.6 is 0 Å². The smallest absolute Gasteiger partial charge is 0.0690 e. The van der Waals surface area contributed by atoms with Crippen molar-refractivity contribution in [3.8, 4) is 0 Å². The Morgan fingerprint density at radius 2 is 1.68 bits per heavy atom. The van der Waals surface area contributed by atoms with Crippen molar-refractivity contribution in [1.29, 1.82) is 0 Å². The summed E-state index contributed by atoms with van der Waals surface area (Å²) >= 11 is 0. The van der Waals surface area contributed by atoms with Gasteiger partial charge < -0.3 is 5.11 Å². The second kappa shape index (κ2) is 5.28. The third-order valence-electron chi connectivity index (χ3n) is 5.08. The van der Waals surface area contributed by atoms with Gasteiger partial charge >= 0.3 is 0 Å². The number of aryl methyl sites for hydroxylation is 3. The van der Waals surface area contributed by atoms with Gasteiger partial charge in [0.15, 0.2) is 0 Å². The molecule has 0 bridgehead atoms. The predicted octanol–water partition coefficient (Wildman–Crippen LogP) is 4.34. The molecule has 1 aliphatic carbocycles. The van der Waals surface area contributed by atoms with Gasteiger partial charge in [0, 0.05) is 6.42 Å². The van der Waals surface area contributed by atoms with E-state index in [1.807, 2.05) is 0 Å². The second-order valence-electron chi connectivity index (χ2n) is 6.98. The fraction of sp³-hybridized carbons (Fsp3) is 0.667.